The number of rotatable bonds is 5. The summed E-state index contributed by atoms with van der Waals surface area (Å²) in [6, 6.07) is 3.92. The second-order valence-corrected chi connectivity index (χ2v) is 7.05. The first-order valence-corrected chi connectivity index (χ1v) is 9.17. The fraction of sp³-hybridized carbons (Fsp3) is 0.632. The van der Waals surface area contributed by atoms with Crippen molar-refractivity contribution in [3.8, 4) is 0 Å². The van der Waals surface area contributed by atoms with Gasteiger partial charge in [0, 0.05) is 57.1 Å². The largest absolute Gasteiger partial charge is 0.381 e. The minimum atomic E-state index is -0.135. The molecule has 1 N–H and O–H groups in total. The van der Waals surface area contributed by atoms with Crippen molar-refractivity contribution in [2.75, 3.05) is 32.8 Å². The van der Waals surface area contributed by atoms with Crippen LogP contribution in [-0.2, 0) is 20.7 Å². The molecule has 2 aliphatic rings. The first-order chi connectivity index (χ1) is 12.1. The van der Waals surface area contributed by atoms with Gasteiger partial charge in [-0.15, -0.1) is 0 Å². The third-order valence-electron chi connectivity index (χ3n) is 5.57. The lowest BCUT2D eigenvalue weighted by molar-refractivity contribution is -0.130. The Balaban J connectivity index is 1.62. The van der Waals surface area contributed by atoms with Crippen LogP contribution in [0.1, 0.15) is 31.7 Å². The maximum atomic E-state index is 12.9. The van der Waals surface area contributed by atoms with Crippen molar-refractivity contribution < 1.29 is 14.3 Å². The molecular formula is C19H27N3O3. The molecule has 1 aromatic heterocycles. The Bertz CT molecular complexity index is 599. The van der Waals surface area contributed by atoms with Gasteiger partial charge in [-0.25, -0.2) is 0 Å². The Hall–Kier alpha value is -1.95. The number of pyridine rings is 1. The van der Waals surface area contributed by atoms with Crippen molar-refractivity contribution in [2.45, 2.75) is 32.6 Å². The second kappa shape index (κ2) is 7.95. The molecule has 2 saturated heterocycles. The third-order valence-corrected chi connectivity index (χ3v) is 5.57. The average molecular weight is 345 g/mol. The lowest BCUT2D eigenvalue weighted by Gasteiger charge is -2.37. The van der Waals surface area contributed by atoms with E-state index in [2.05, 4.69) is 10.3 Å². The molecule has 6 heteroatoms. The van der Waals surface area contributed by atoms with E-state index in [9.17, 15) is 9.59 Å². The molecule has 1 aromatic rings. The summed E-state index contributed by atoms with van der Waals surface area (Å²) in [5.41, 5.74) is 1.04. The molecule has 0 saturated carbocycles. The van der Waals surface area contributed by atoms with E-state index in [4.69, 9.17) is 4.74 Å². The molecule has 0 aromatic carbocycles. The SMILES string of the molecule is CCC(=O)N1CC(C(=O)NCCc2ccncc2)C2(CCOCC2)C1. The smallest absolute Gasteiger partial charge is 0.225 e. The lowest BCUT2D eigenvalue weighted by Crippen LogP contribution is -2.44. The summed E-state index contributed by atoms with van der Waals surface area (Å²) in [6.45, 7) is 5.05. The van der Waals surface area contributed by atoms with Crippen LogP contribution in [-0.4, -0.2) is 54.5 Å². The molecule has 1 spiro atoms. The maximum absolute atomic E-state index is 12.9. The van der Waals surface area contributed by atoms with Crippen LogP contribution < -0.4 is 5.32 Å². The number of carbonyl (C=O) groups is 2. The van der Waals surface area contributed by atoms with E-state index in [0.29, 0.717) is 39.3 Å². The lowest BCUT2D eigenvalue weighted by atomic mass is 9.71. The van der Waals surface area contributed by atoms with Gasteiger partial charge in [0.15, 0.2) is 0 Å². The van der Waals surface area contributed by atoms with E-state index >= 15 is 0 Å². The van der Waals surface area contributed by atoms with Gasteiger partial charge in [-0.2, -0.15) is 0 Å². The predicted molar refractivity (Wildman–Crippen MR) is 93.8 cm³/mol. The number of amides is 2. The molecule has 1 atom stereocenters. The van der Waals surface area contributed by atoms with Crippen LogP contribution in [0.3, 0.4) is 0 Å². The van der Waals surface area contributed by atoms with Crippen molar-refractivity contribution in [2.24, 2.45) is 11.3 Å². The molecule has 2 amide bonds. The Morgan fingerprint density at radius 2 is 2.04 bits per heavy atom. The number of hydrogen-bond acceptors (Lipinski definition) is 4. The fourth-order valence-corrected chi connectivity index (χ4v) is 4.03. The normalized spacial score (nSPS) is 22.1. The van der Waals surface area contributed by atoms with Gasteiger partial charge in [-0.05, 0) is 37.0 Å². The molecule has 0 radical (unpaired) electrons. The standard InChI is InChI=1S/C19H27N3O3/c1-2-17(23)22-13-16(19(14-22)6-11-25-12-7-19)18(24)21-10-5-15-3-8-20-9-4-15/h3-4,8-9,16H,2,5-7,10-14H2,1H3,(H,21,24). The first kappa shape index (κ1) is 17.9. The predicted octanol–water partition coefficient (Wildman–Crippen LogP) is 1.41. The number of carbonyl (C=O) groups excluding carboxylic acids is 2. The molecule has 2 aliphatic heterocycles. The van der Waals surface area contributed by atoms with Crippen LogP contribution >= 0.6 is 0 Å². The molecule has 0 aliphatic carbocycles. The van der Waals surface area contributed by atoms with Crippen molar-refractivity contribution >= 4 is 11.8 Å². The summed E-state index contributed by atoms with van der Waals surface area (Å²) in [5, 5.41) is 3.08. The van der Waals surface area contributed by atoms with E-state index in [0.717, 1.165) is 24.8 Å². The maximum Gasteiger partial charge on any atom is 0.225 e. The summed E-state index contributed by atoms with van der Waals surface area (Å²) in [4.78, 5) is 30.9. The molecule has 0 bridgehead atoms. The molecule has 3 heterocycles. The van der Waals surface area contributed by atoms with E-state index in [1.807, 2.05) is 24.0 Å². The molecule has 6 nitrogen and oxygen atoms in total. The molecule has 3 rings (SSSR count). The van der Waals surface area contributed by atoms with Crippen LogP contribution in [0.25, 0.3) is 0 Å². The van der Waals surface area contributed by atoms with Crippen LogP contribution in [0.2, 0.25) is 0 Å². The summed E-state index contributed by atoms with van der Waals surface area (Å²) < 4.78 is 5.50. The summed E-state index contributed by atoms with van der Waals surface area (Å²) in [5.74, 6) is 0.0738. The number of nitrogens with zero attached hydrogens (tertiary/aromatic N) is 2. The summed E-state index contributed by atoms with van der Waals surface area (Å²) in [6.07, 6.45) is 6.50. The summed E-state index contributed by atoms with van der Waals surface area (Å²) in [7, 11) is 0. The van der Waals surface area contributed by atoms with E-state index < -0.39 is 0 Å². The molecular weight excluding hydrogens is 318 g/mol. The monoisotopic (exact) mass is 345 g/mol. The highest BCUT2D eigenvalue weighted by Crippen LogP contribution is 2.44. The fourth-order valence-electron chi connectivity index (χ4n) is 4.03. The van der Waals surface area contributed by atoms with E-state index in [1.54, 1.807) is 12.4 Å². The van der Waals surface area contributed by atoms with Crippen LogP contribution in [0.5, 0.6) is 0 Å². The highest BCUT2D eigenvalue weighted by atomic mass is 16.5. The number of hydrogen-bond donors (Lipinski definition) is 1. The molecule has 25 heavy (non-hydrogen) atoms. The Kier molecular flexibility index (Phi) is 5.68. The van der Waals surface area contributed by atoms with Gasteiger partial charge in [-0.3, -0.25) is 14.6 Å². The first-order valence-electron chi connectivity index (χ1n) is 9.17. The van der Waals surface area contributed by atoms with Gasteiger partial charge in [0.1, 0.15) is 0 Å². The average Bonchev–Trinajstić information content (AvgIpc) is 3.01. The van der Waals surface area contributed by atoms with Crippen molar-refractivity contribution in [1.82, 2.24) is 15.2 Å². The van der Waals surface area contributed by atoms with E-state index in [-0.39, 0.29) is 23.1 Å². The minimum Gasteiger partial charge on any atom is -0.381 e. The highest BCUT2D eigenvalue weighted by Gasteiger charge is 2.51. The zero-order chi connectivity index (χ0) is 17.7. The zero-order valence-electron chi connectivity index (χ0n) is 14.9. The van der Waals surface area contributed by atoms with Crippen molar-refractivity contribution in [1.29, 1.82) is 0 Å². The van der Waals surface area contributed by atoms with Gasteiger partial charge >= 0.3 is 0 Å². The van der Waals surface area contributed by atoms with Crippen molar-refractivity contribution in [3.05, 3.63) is 30.1 Å². The Labute approximate surface area is 148 Å². The highest BCUT2D eigenvalue weighted by molar-refractivity contribution is 5.83. The van der Waals surface area contributed by atoms with E-state index in [1.165, 1.54) is 0 Å². The second-order valence-electron chi connectivity index (χ2n) is 7.05. The molecule has 136 valence electrons. The van der Waals surface area contributed by atoms with Gasteiger partial charge in [0.2, 0.25) is 11.8 Å². The summed E-state index contributed by atoms with van der Waals surface area (Å²) >= 11 is 0. The Morgan fingerprint density at radius 3 is 2.72 bits per heavy atom. The topological polar surface area (TPSA) is 71.5 Å². The van der Waals surface area contributed by atoms with Gasteiger partial charge in [0.05, 0.1) is 5.92 Å². The quantitative estimate of drug-likeness (QED) is 0.876. The number of aromatic nitrogens is 1. The van der Waals surface area contributed by atoms with Gasteiger partial charge < -0.3 is 15.0 Å². The van der Waals surface area contributed by atoms with Gasteiger partial charge in [-0.1, -0.05) is 6.92 Å². The van der Waals surface area contributed by atoms with Crippen LogP contribution in [0.15, 0.2) is 24.5 Å². The number of ether oxygens (including phenoxy) is 1. The van der Waals surface area contributed by atoms with Crippen LogP contribution in [0.4, 0.5) is 0 Å². The molecule has 2 fully saturated rings. The zero-order valence-corrected chi connectivity index (χ0v) is 14.9. The molecule has 1 unspecified atom stereocenters. The van der Waals surface area contributed by atoms with Crippen molar-refractivity contribution in [3.63, 3.8) is 0 Å². The van der Waals surface area contributed by atoms with Gasteiger partial charge in [0.25, 0.3) is 0 Å². The number of likely N-dealkylation sites (tertiary alicyclic amines) is 1. The number of nitrogens with one attached hydrogen (secondary N) is 1. The van der Waals surface area contributed by atoms with Crippen LogP contribution in [0, 0.1) is 11.3 Å². The third kappa shape index (κ3) is 4.00. The minimum absolute atomic E-state index is 0.0716. The Morgan fingerprint density at radius 1 is 1.32 bits per heavy atom.